The van der Waals surface area contributed by atoms with E-state index in [0.717, 1.165) is 19.6 Å². The number of nitrogens with one attached hydrogen (secondary N) is 2. The van der Waals surface area contributed by atoms with Gasteiger partial charge in [0.1, 0.15) is 0 Å². The standard InChI is InChI=1S/C20H33N3O3S/c1-16(15-23-12-6-5-7-13-23)14-21-19(24)17-8-10-18(11-9-17)27(25,26)22-20(2,3)4/h8-11,16,22H,5-7,12-15H2,1-4H3,(H,21,24). The van der Waals surface area contributed by atoms with E-state index in [1.165, 1.54) is 31.4 Å². The third-order valence-electron chi connectivity index (χ3n) is 4.50. The molecule has 6 nitrogen and oxygen atoms in total. The molecule has 2 rings (SSSR count). The van der Waals surface area contributed by atoms with Gasteiger partial charge in [-0.15, -0.1) is 0 Å². The summed E-state index contributed by atoms with van der Waals surface area (Å²) < 4.78 is 27.2. The Kier molecular flexibility index (Phi) is 7.42. The van der Waals surface area contributed by atoms with Crippen molar-refractivity contribution < 1.29 is 13.2 Å². The Morgan fingerprint density at radius 1 is 1.11 bits per heavy atom. The fourth-order valence-corrected chi connectivity index (χ4v) is 4.68. The highest BCUT2D eigenvalue weighted by atomic mass is 32.2. The van der Waals surface area contributed by atoms with E-state index < -0.39 is 15.6 Å². The predicted molar refractivity (Wildman–Crippen MR) is 108 cm³/mol. The molecule has 27 heavy (non-hydrogen) atoms. The van der Waals surface area contributed by atoms with Crippen molar-refractivity contribution in [2.24, 2.45) is 5.92 Å². The molecule has 1 unspecified atom stereocenters. The molecule has 0 bridgehead atoms. The number of piperidine rings is 1. The molecule has 0 spiro atoms. The second-order valence-corrected chi connectivity index (χ2v) is 10.2. The second-order valence-electron chi connectivity index (χ2n) is 8.56. The molecule has 0 aliphatic carbocycles. The van der Waals surface area contributed by atoms with Crippen LogP contribution >= 0.6 is 0 Å². The zero-order valence-corrected chi connectivity index (χ0v) is 17.7. The number of amides is 1. The van der Waals surface area contributed by atoms with E-state index in [9.17, 15) is 13.2 Å². The minimum absolute atomic E-state index is 0.160. The lowest BCUT2D eigenvalue weighted by molar-refractivity contribution is 0.0942. The van der Waals surface area contributed by atoms with Crippen molar-refractivity contribution in [3.8, 4) is 0 Å². The van der Waals surface area contributed by atoms with Crippen LogP contribution in [0.2, 0.25) is 0 Å². The molecule has 1 aromatic carbocycles. The monoisotopic (exact) mass is 395 g/mol. The van der Waals surface area contributed by atoms with Crippen LogP contribution in [0.25, 0.3) is 0 Å². The Bertz CT molecular complexity index is 718. The smallest absolute Gasteiger partial charge is 0.251 e. The summed E-state index contributed by atoms with van der Waals surface area (Å²) >= 11 is 0. The molecule has 0 aromatic heterocycles. The zero-order chi connectivity index (χ0) is 20.1. The van der Waals surface area contributed by atoms with Crippen LogP contribution in [0.5, 0.6) is 0 Å². The lowest BCUT2D eigenvalue weighted by atomic mass is 10.1. The number of hydrogen-bond acceptors (Lipinski definition) is 4. The average Bonchev–Trinajstić information content (AvgIpc) is 2.58. The molecular formula is C20H33N3O3S. The third kappa shape index (κ3) is 7.24. The van der Waals surface area contributed by atoms with Crippen molar-refractivity contribution in [3.63, 3.8) is 0 Å². The second kappa shape index (κ2) is 9.17. The van der Waals surface area contributed by atoms with E-state index in [4.69, 9.17) is 0 Å². The summed E-state index contributed by atoms with van der Waals surface area (Å²) in [4.78, 5) is 15.0. The van der Waals surface area contributed by atoms with Crippen LogP contribution in [0.4, 0.5) is 0 Å². The van der Waals surface area contributed by atoms with Gasteiger partial charge < -0.3 is 10.2 Å². The number of likely N-dealkylation sites (tertiary alicyclic amines) is 1. The Hall–Kier alpha value is -1.44. The fraction of sp³-hybridized carbons (Fsp3) is 0.650. The molecule has 1 heterocycles. The first-order valence-electron chi connectivity index (χ1n) is 9.71. The number of sulfonamides is 1. The van der Waals surface area contributed by atoms with Crippen molar-refractivity contribution in [2.45, 2.75) is 57.4 Å². The first kappa shape index (κ1) is 21.9. The van der Waals surface area contributed by atoms with Gasteiger partial charge in [-0.2, -0.15) is 0 Å². The highest BCUT2D eigenvalue weighted by Gasteiger charge is 2.22. The van der Waals surface area contributed by atoms with Crippen LogP contribution in [-0.2, 0) is 10.0 Å². The van der Waals surface area contributed by atoms with Crippen LogP contribution < -0.4 is 10.0 Å². The van der Waals surface area contributed by atoms with Gasteiger partial charge >= 0.3 is 0 Å². The Labute approximate surface area is 163 Å². The summed E-state index contributed by atoms with van der Waals surface area (Å²) in [7, 11) is -3.59. The summed E-state index contributed by atoms with van der Waals surface area (Å²) in [5.41, 5.74) is -0.0887. The van der Waals surface area contributed by atoms with Gasteiger partial charge in [-0.05, 0) is 76.9 Å². The summed E-state index contributed by atoms with van der Waals surface area (Å²) in [5.74, 6) is 0.205. The highest BCUT2D eigenvalue weighted by molar-refractivity contribution is 7.89. The molecule has 0 saturated carbocycles. The Balaban J connectivity index is 1.87. The number of carbonyl (C=O) groups excluding carboxylic acids is 1. The largest absolute Gasteiger partial charge is 0.352 e. The van der Waals surface area contributed by atoms with E-state index in [-0.39, 0.29) is 10.8 Å². The molecule has 1 aliphatic rings. The molecule has 2 N–H and O–H groups in total. The van der Waals surface area contributed by atoms with Crippen LogP contribution in [-0.4, -0.2) is 50.9 Å². The maximum Gasteiger partial charge on any atom is 0.251 e. The van der Waals surface area contributed by atoms with Crippen molar-refractivity contribution in [2.75, 3.05) is 26.2 Å². The number of hydrogen-bond donors (Lipinski definition) is 2. The molecule has 1 aromatic rings. The fourth-order valence-electron chi connectivity index (χ4n) is 3.26. The van der Waals surface area contributed by atoms with Gasteiger partial charge in [0.15, 0.2) is 0 Å². The quantitative estimate of drug-likeness (QED) is 0.744. The molecule has 152 valence electrons. The summed E-state index contributed by atoms with van der Waals surface area (Å²) in [5, 5.41) is 2.95. The van der Waals surface area contributed by atoms with Crippen molar-refractivity contribution in [1.82, 2.24) is 14.9 Å². The highest BCUT2D eigenvalue weighted by Crippen LogP contribution is 2.14. The summed E-state index contributed by atoms with van der Waals surface area (Å²) in [6.45, 7) is 11.4. The predicted octanol–water partition coefficient (Wildman–Crippen LogP) is 2.62. The zero-order valence-electron chi connectivity index (χ0n) is 16.9. The van der Waals surface area contributed by atoms with Gasteiger partial charge in [0, 0.05) is 24.2 Å². The molecule has 1 fully saturated rings. The first-order valence-corrected chi connectivity index (χ1v) is 11.2. The average molecular weight is 396 g/mol. The van der Waals surface area contributed by atoms with E-state index >= 15 is 0 Å². The van der Waals surface area contributed by atoms with Gasteiger partial charge in [-0.3, -0.25) is 4.79 Å². The van der Waals surface area contributed by atoms with Gasteiger partial charge in [0.25, 0.3) is 5.91 Å². The minimum atomic E-state index is -3.59. The van der Waals surface area contributed by atoms with Gasteiger partial charge in [0.05, 0.1) is 4.90 Å². The Morgan fingerprint density at radius 3 is 2.26 bits per heavy atom. The van der Waals surface area contributed by atoms with Crippen LogP contribution in [0.15, 0.2) is 29.2 Å². The topological polar surface area (TPSA) is 78.5 Å². The molecule has 0 radical (unpaired) electrons. The maximum absolute atomic E-state index is 12.3. The normalized spacial score (nSPS) is 17.5. The van der Waals surface area contributed by atoms with Crippen LogP contribution in [0.1, 0.15) is 57.3 Å². The SMILES string of the molecule is CC(CNC(=O)c1ccc(S(=O)(=O)NC(C)(C)C)cc1)CN1CCCCC1. The molecule has 1 amide bonds. The number of benzene rings is 1. The summed E-state index contributed by atoms with van der Waals surface area (Å²) in [6, 6.07) is 6.06. The molecule has 1 saturated heterocycles. The first-order chi connectivity index (χ1) is 12.6. The third-order valence-corrected chi connectivity index (χ3v) is 6.27. The number of nitrogens with zero attached hydrogens (tertiary/aromatic N) is 1. The van der Waals surface area contributed by atoms with E-state index in [1.807, 2.05) is 0 Å². The lowest BCUT2D eigenvalue weighted by Crippen LogP contribution is -2.40. The van der Waals surface area contributed by atoms with E-state index in [1.54, 1.807) is 32.9 Å². The van der Waals surface area contributed by atoms with Crippen LogP contribution in [0.3, 0.4) is 0 Å². The summed E-state index contributed by atoms with van der Waals surface area (Å²) in [6.07, 6.45) is 3.84. The van der Waals surface area contributed by atoms with Crippen molar-refractivity contribution >= 4 is 15.9 Å². The van der Waals surface area contributed by atoms with E-state index in [0.29, 0.717) is 18.0 Å². The lowest BCUT2D eigenvalue weighted by Gasteiger charge is -2.29. The number of rotatable bonds is 7. The number of carbonyl (C=O) groups is 1. The van der Waals surface area contributed by atoms with Gasteiger partial charge in [-0.25, -0.2) is 13.1 Å². The van der Waals surface area contributed by atoms with E-state index in [2.05, 4.69) is 21.9 Å². The van der Waals surface area contributed by atoms with Gasteiger partial charge in [-0.1, -0.05) is 13.3 Å². The minimum Gasteiger partial charge on any atom is -0.352 e. The molecular weight excluding hydrogens is 362 g/mol. The molecule has 1 atom stereocenters. The molecule has 1 aliphatic heterocycles. The molecule has 7 heteroatoms. The Morgan fingerprint density at radius 2 is 1.70 bits per heavy atom. The van der Waals surface area contributed by atoms with Crippen LogP contribution in [0, 0.1) is 5.92 Å². The van der Waals surface area contributed by atoms with Crippen molar-refractivity contribution in [1.29, 1.82) is 0 Å². The van der Waals surface area contributed by atoms with Gasteiger partial charge in [0.2, 0.25) is 10.0 Å². The van der Waals surface area contributed by atoms with Crippen molar-refractivity contribution in [3.05, 3.63) is 29.8 Å². The maximum atomic E-state index is 12.3.